The Morgan fingerprint density at radius 3 is 1.72 bits per heavy atom. The summed E-state index contributed by atoms with van der Waals surface area (Å²) in [6.45, 7) is 22.5. The molecule has 10 N–H and O–H groups in total. The van der Waals surface area contributed by atoms with Crippen LogP contribution in [0.4, 0.5) is 21.9 Å². The molecule has 8 heterocycles. The van der Waals surface area contributed by atoms with Crippen molar-refractivity contribution < 1.29 is 52.6 Å². The number of carbonyl (C=O) groups excluding carboxylic acids is 9. The highest BCUT2D eigenvalue weighted by atomic mass is 35.5. The molecule has 762 valence electrons. The minimum absolute atomic E-state index is 0.00930. The van der Waals surface area contributed by atoms with Crippen LogP contribution in [-0.2, 0) is 68.7 Å². The number of halogens is 2. The summed E-state index contributed by atoms with van der Waals surface area (Å²) in [7, 11) is 4.31. The number of thioether (sulfide) groups is 1. The van der Waals surface area contributed by atoms with Gasteiger partial charge in [0.25, 0.3) is 0 Å². The molecule has 0 aliphatic carbocycles. The quantitative estimate of drug-likeness (QED) is 0.00971. The van der Waals surface area contributed by atoms with Gasteiger partial charge in [-0.1, -0.05) is 84.4 Å². The molecule has 4 aliphatic rings. The van der Waals surface area contributed by atoms with Gasteiger partial charge in [-0.15, -0.1) is 28.3 Å². The SMILES string of the molecule is CCCN(CC(=O)N(CC(=O)N(CCNC(=O)CCCC[C@H]1SC[C@H]2NC(=O)N[C@H]21)CC(N)=O)Cc1cn(CCCNC(=O)CCCOc2c(C(C)(C)C)cc(-c3nc4cc(N5CCN(C)CC5)ccc4[nH]3)cc2C(C)(C)C)nn1)C(=O)CN(CCNC(=O)CCCc1ccc(N(CCCl)CCCl)cc1)C(=O)CCCOc1cccc(-c2nc3ccc(-c4nc5ccc(N6CCN(C)CC6)cc5[nH]4)cc3[nH]2)c1. The van der Waals surface area contributed by atoms with Crippen LogP contribution < -0.4 is 56.5 Å². The van der Waals surface area contributed by atoms with Crippen molar-refractivity contribution in [2.45, 2.75) is 173 Å². The van der Waals surface area contributed by atoms with Crippen molar-refractivity contribution in [1.82, 2.24) is 101 Å². The summed E-state index contributed by atoms with van der Waals surface area (Å²) in [6, 6.07) is 38.8. The third kappa shape index (κ3) is 29.5. The molecule has 0 saturated carbocycles. The lowest BCUT2D eigenvalue weighted by Gasteiger charge is -2.34. The first-order chi connectivity index (χ1) is 68.4. The molecule has 10 aromatic rings. The third-order valence-corrected chi connectivity index (χ3v) is 28.4. The zero-order valence-corrected chi connectivity index (χ0v) is 85.8. The number of aryl methyl sites for hydroxylation is 2. The lowest BCUT2D eigenvalue weighted by Crippen LogP contribution is -2.51. The van der Waals surface area contributed by atoms with Gasteiger partial charge >= 0.3 is 6.03 Å². The summed E-state index contributed by atoms with van der Waals surface area (Å²) in [5, 5.41) is 23.8. The number of alkyl halides is 2. The van der Waals surface area contributed by atoms with Crippen LogP contribution in [0, 0.1) is 0 Å². The molecular weight excluding hydrogens is 1860 g/mol. The number of primary amides is 1. The molecule has 6 aromatic carbocycles. The predicted molar refractivity (Wildman–Crippen MR) is 560 cm³/mol. The van der Waals surface area contributed by atoms with Crippen LogP contribution in [0.2, 0.25) is 0 Å². The number of amides is 10. The van der Waals surface area contributed by atoms with Crippen LogP contribution in [0.1, 0.15) is 148 Å². The summed E-state index contributed by atoms with van der Waals surface area (Å²) in [6.07, 6.45) is 7.06. The molecule has 0 bridgehead atoms. The highest BCUT2D eigenvalue weighted by Crippen LogP contribution is 2.44. The van der Waals surface area contributed by atoms with Crippen molar-refractivity contribution in [2.24, 2.45) is 5.73 Å². The number of aromatic amines is 3. The van der Waals surface area contributed by atoms with Crippen molar-refractivity contribution in [2.75, 3.05) is 190 Å². The standard InChI is InChI=1S/C104H140Cl2N24O11S/c1-10-41-126(94(136)66-128(46-40-110-91(133)23-13-18-70-26-29-75(30-27-70)123(43-36-105)44-37-106)93(135)25-16-55-140-78-20-14-19-71(57-78)99-111-81-33-28-72(60-84(81)114-99)100-112-82-34-31-76(61-85(82)115-100)124-51-47-121(8)48-52-124)67-96(138)129(68-95(137)127(65-89(107)131)45-39-109-90(132)22-12-11-21-88-97-87(69-142-88)117-102(139)118-97)63-74-64-130(120-119-74)42-17-38-108-92(134)24-15-56-141-98-79(103(2,3)4)58-73(59-80(98)104(5,6)7)101-113-83-35-32-77(62-86(83)116-101)125-53-49-122(9)50-54-125/h14,19-20,26-35,57-62,64,87-88,97H,10-13,15-18,21-25,36-56,63,65-69H2,1-9H3,(H2,107,131)(H,108,134)(H,109,132)(H,110,133)(H,111,114)(H,112,115)(H,113,116)(H2,117,118,139)/t87-,88-,97-/m1/s1. The Morgan fingerprint density at radius 1 is 0.528 bits per heavy atom. The van der Waals surface area contributed by atoms with E-state index in [2.05, 4.69) is 181 Å². The van der Waals surface area contributed by atoms with Gasteiger partial charge in [-0.25, -0.2) is 19.7 Å². The van der Waals surface area contributed by atoms with Crippen LogP contribution >= 0.6 is 35.0 Å². The molecule has 0 unspecified atom stereocenters. The second-order valence-corrected chi connectivity index (χ2v) is 41.6. The average molecular weight is 2010 g/mol. The number of benzene rings is 6. The summed E-state index contributed by atoms with van der Waals surface area (Å²) >= 11 is 14.0. The summed E-state index contributed by atoms with van der Waals surface area (Å²) < 4.78 is 14.6. The topological polar surface area (TPSA) is 404 Å². The van der Waals surface area contributed by atoms with Crippen molar-refractivity contribution in [3.63, 3.8) is 0 Å². The van der Waals surface area contributed by atoms with Crippen molar-refractivity contribution >= 4 is 138 Å². The predicted octanol–water partition coefficient (Wildman–Crippen LogP) is 11.2. The molecule has 10 amide bonds. The number of nitrogens with zero attached hydrogens (tertiary/aromatic N) is 15. The number of hydrogen-bond acceptors (Lipinski definition) is 22. The molecule has 14 rings (SSSR count). The van der Waals surface area contributed by atoms with Gasteiger partial charge in [0.05, 0.1) is 90.8 Å². The number of imidazole rings is 3. The maximum Gasteiger partial charge on any atom is 0.315 e. The first-order valence-corrected chi connectivity index (χ1v) is 52.1. The molecular formula is C104H140Cl2N24O11S. The molecule has 4 fully saturated rings. The smallest absolute Gasteiger partial charge is 0.315 e. The van der Waals surface area contributed by atoms with Gasteiger partial charge in [0.1, 0.15) is 41.2 Å². The Bertz CT molecular complexity index is 5940. The molecule has 4 aromatic heterocycles. The second-order valence-electron chi connectivity index (χ2n) is 39.6. The maximum absolute atomic E-state index is 15.2. The van der Waals surface area contributed by atoms with E-state index >= 15 is 9.59 Å². The monoisotopic (exact) mass is 2000 g/mol. The number of nitrogens with two attached hydrogens (primary N) is 1. The zero-order valence-electron chi connectivity index (χ0n) is 83.5. The lowest BCUT2D eigenvalue weighted by atomic mass is 9.78. The number of piperazine rings is 2. The highest BCUT2D eigenvalue weighted by molar-refractivity contribution is 8.00. The van der Waals surface area contributed by atoms with Crippen molar-refractivity contribution in [1.29, 1.82) is 0 Å². The van der Waals surface area contributed by atoms with Gasteiger partial charge in [-0.2, -0.15) is 11.8 Å². The largest absolute Gasteiger partial charge is 0.494 e. The van der Waals surface area contributed by atoms with Crippen molar-refractivity contribution in [3.05, 3.63) is 144 Å². The van der Waals surface area contributed by atoms with Gasteiger partial charge in [0.15, 0.2) is 0 Å². The van der Waals surface area contributed by atoms with E-state index in [1.807, 2.05) is 73.7 Å². The summed E-state index contributed by atoms with van der Waals surface area (Å²) in [5.41, 5.74) is 19.8. The number of nitrogens with one attached hydrogen (secondary N) is 8. The zero-order chi connectivity index (χ0) is 101. The van der Waals surface area contributed by atoms with E-state index in [0.29, 0.717) is 94.6 Å². The number of carbonyl (C=O) groups is 9. The van der Waals surface area contributed by atoms with Crippen LogP contribution in [0.3, 0.4) is 0 Å². The van der Waals surface area contributed by atoms with E-state index in [1.165, 1.54) is 25.3 Å². The Balaban J connectivity index is 0.614. The Labute approximate surface area is 845 Å². The number of aromatic nitrogens is 9. The number of unbranched alkanes of at least 4 members (excludes halogenated alkanes) is 1. The number of urea groups is 1. The second kappa shape index (κ2) is 50.1. The van der Waals surface area contributed by atoms with Gasteiger partial charge in [-0.05, 0) is 173 Å². The Morgan fingerprint density at radius 2 is 1.08 bits per heavy atom. The van der Waals surface area contributed by atoms with E-state index in [1.54, 1.807) is 22.6 Å². The van der Waals surface area contributed by atoms with E-state index in [9.17, 15) is 33.6 Å². The van der Waals surface area contributed by atoms with Gasteiger partial charge in [-0.3, -0.25) is 43.0 Å². The fraction of sp³-hybridized carbons (Fsp3) is 0.519. The van der Waals surface area contributed by atoms with E-state index in [0.717, 1.165) is 166 Å². The normalized spacial score (nSPS) is 15.7. The Hall–Kier alpha value is -12.3. The third-order valence-electron chi connectivity index (χ3n) is 26.5. The number of rotatable bonds is 51. The number of fused-ring (bicyclic) bond motifs is 4. The first kappa shape index (κ1) is 106. The summed E-state index contributed by atoms with van der Waals surface area (Å²) in [4.78, 5) is 167. The van der Waals surface area contributed by atoms with Crippen LogP contribution in [-0.4, -0.2) is 321 Å². The number of H-pyrrole nitrogens is 3. The van der Waals surface area contributed by atoms with Gasteiger partial charge < -0.3 is 101 Å². The molecule has 4 aliphatic heterocycles. The fourth-order valence-electron chi connectivity index (χ4n) is 18.5. The molecule has 0 spiro atoms. The number of likely N-dealkylation sites (N-methyl/N-ethyl adjacent to an activating group) is 2. The van der Waals surface area contributed by atoms with E-state index in [4.69, 9.17) is 53.4 Å². The molecule has 3 atom stereocenters. The lowest BCUT2D eigenvalue weighted by molar-refractivity contribution is -0.147. The van der Waals surface area contributed by atoms with Crippen LogP contribution in [0.25, 0.3) is 67.3 Å². The molecule has 38 heteroatoms. The number of anilines is 3. The average Bonchev–Trinajstić information content (AvgIpc) is 1.57. The fourth-order valence-corrected chi connectivity index (χ4v) is 20.4. The van der Waals surface area contributed by atoms with E-state index < -0.39 is 55.7 Å². The van der Waals surface area contributed by atoms with Crippen LogP contribution in [0.15, 0.2) is 121 Å². The van der Waals surface area contributed by atoms with Crippen molar-refractivity contribution in [3.8, 4) is 45.7 Å². The first-order valence-electron chi connectivity index (χ1n) is 50.0. The van der Waals surface area contributed by atoms with Gasteiger partial charge in [0, 0.05) is 205 Å². The molecule has 35 nitrogen and oxygen atoms in total. The molecule has 0 radical (unpaired) electrons. The van der Waals surface area contributed by atoms with E-state index in [-0.39, 0.29) is 136 Å². The number of ether oxygens (including phenoxy) is 2. The summed E-state index contributed by atoms with van der Waals surface area (Å²) in [5.74, 6) is 1.40. The highest BCUT2D eigenvalue weighted by Gasteiger charge is 2.43. The minimum atomic E-state index is -0.836. The Kier molecular flexibility index (Phi) is 37.3. The molecule has 4 saturated heterocycles. The number of hydrogen-bond donors (Lipinski definition) is 9. The van der Waals surface area contributed by atoms with Gasteiger partial charge in [0.2, 0.25) is 47.3 Å². The maximum atomic E-state index is 15.2. The van der Waals surface area contributed by atoms with Crippen LogP contribution in [0.5, 0.6) is 11.5 Å². The minimum Gasteiger partial charge on any atom is -0.494 e. The molecule has 142 heavy (non-hydrogen) atoms.